The molecule has 1 aromatic heterocycles. The van der Waals surface area contributed by atoms with Gasteiger partial charge in [0.1, 0.15) is 11.3 Å². The number of nitrogens with two attached hydrogens (primary N) is 1. The van der Waals surface area contributed by atoms with Gasteiger partial charge in [0, 0.05) is 31.2 Å². The molecule has 0 aliphatic carbocycles. The highest BCUT2D eigenvalue weighted by atomic mass is 35.5. The topological polar surface area (TPSA) is 75.4 Å². The van der Waals surface area contributed by atoms with Crippen LogP contribution in [0.3, 0.4) is 0 Å². The van der Waals surface area contributed by atoms with E-state index in [1.165, 1.54) is 6.33 Å². The van der Waals surface area contributed by atoms with Gasteiger partial charge < -0.3 is 15.5 Å². The van der Waals surface area contributed by atoms with Gasteiger partial charge in [-0.15, -0.1) is 24.8 Å². The van der Waals surface area contributed by atoms with E-state index in [1.807, 2.05) is 12.1 Å². The van der Waals surface area contributed by atoms with Gasteiger partial charge in [0.25, 0.3) is 0 Å². The second-order valence-electron chi connectivity index (χ2n) is 5.94. The molecule has 1 aromatic carbocycles. The fraction of sp³-hybridized carbons (Fsp3) is 0.353. The zero-order chi connectivity index (χ0) is 17.8. The van der Waals surface area contributed by atoms with Crippen molar-refractivity contribution in [1.82, 2.24) is 14.9 Å². The molecule has 1 atom stereocenters. The zero-order valence-corrected chi connectivity index (χ0v) is 17.6. The van der Waals surface area contributed by atoms with Gasteiger partial charge in [-0.05, 0) is 24.1 Å². The predicted molar refractivity (Wildman–Crippen MR) is 113 cm³/mol. The summed E-state index contributed by atoms with van der Waals surface area (Å²) in [4.78, 5) is 24.5. The summed E-state index contributed by atoms with van der Waals surface area (Å²) in [7, 11) is 0. The second-order valence-corrected chi connectivity index (χ2v) is 6.79. The molecule has 1 amide bonds. The van der Waals surface area contributed by atoms with Crippen molar-refractivity contribution < 1.29 is 4.79 Å². The third kappa shape index (κ3) is 6.09. The number of hydrogen-bond acceptors (Lipinski definition) is 5. The Morgan fingerprint density at radius 2 is 1.74 bits per heavy atom. The molecule has 2 aromatic rings. The third-order valence-corrected chi connectivity index (χ3v) is 4.74. The fourth-order valence-corrected chi connectivity index (χ4v) is 3.22. The van der Waals surface area contributed by atoms with Crippen LogP contribution in [-0.2, 0) is 11.2 Å². The van der Waals surface area contributed by atoms with Crippen LogP contribution in [0.4, 0.5) is 5.82 Å². The van der Waals surface area contributed by atoms with Crippen molar-refractivity contribution in [2.45, 2.75) is 12.5 Å². The van der Waals surface area contributed by atoms with E-state index in [0.29, 0.717) is 48.5 Å². The van der Waals surface area contributed by atoms with Gasteiger partial charge >= 0.3 is 0 Å². The lowest BCUT2D eigenvalue weighted by Gasteiger charge is -2.36. The molecule has 0 spiro atoms. The Hall–Kier alpha value is -1.31. The van der Waals surface area contributed by atoms with Gasteiger partial charge in [-0.25, -0.2) is 9.97 Å². The van der Waals surface area contributed by atoms with E-state index >= 15 is 0 Å². The lowest BCUT2D eigenvalue weighted by atomic mass is 10.1. The lowest BCUT2D eigenvalue weighted by Crippen LogP contribution is -2.53. The minimum atomic E-state index is -0.560. The number of aromatic nitrogens is 2. The van der Waals surface area contributed by atoms with Crippen LogP contribution in [0, 0.1) is 0 Å². The van der Waals surface area contributed by atoms with Crippen molar-refractivity contribution in [1.29, 1.82) is 0 Å². The van der Waals surface area contributed by atoms with Crippen LogP contribution in [-0.4, -0.2) is 53.0 Å². The summed E-state index contributed by atoms with van der Waals surface area (Å²) in [6, 6.07) is 6.83. The number of rotatable bonds is 4. The van der Waals surface area contributed by atoms with Gasteiger partial charge in [-0.1, -0.05) is 35.3 Å². The average molecular weight is 453 g/mol. The predicted octanol–water partition coefficient (Wildman–Crippen LogP) is 2.85. The molecule has 6 nitrogen and oxygen atoms in total. The molecule has 27 heavy (non-hydrogen) atoms. The van der Waals surface area contributed by atoms with Crippen LogP contribution >= 0.6 is 48.0 Å². The Morgan fingerprint density at radius 3 is 2.33 bits per heavy atom. The molecule has 0 radical (unpaired) electrons. The summed E-state index contributed by atoms with van der Waals surface area (Å²) in [5.74, 6) is 0.664. The van der Waals surface area contributed by atoms with Gasteiger partial charge in [-0.3, -0.25) is 4.79 Å². The molecule has 2 heterocycles. The maximum atomic E-state index is 12.6. The molecule has 0 saturated carbocycles. The molecule has 1 fully saturated rings. The van der Waals surface area contributed by atoms with Crippen molar-refractivity contribution in [3.8, 4) is 0 Å². The molecule has 0 bridgehead atoms. The van der Waals surface area contributed by atoms with Crippen molar-refractivity contribution in [3.63, 3.8) is 0 Å². The number of hydrogen-bond donors (Lipinski definition) is 1. The molecule has 2 N–H and O–H groups in total. The first-order chi connectivity index (χ1) is 12.0. The van der Waals surface area contributed by atoms with Crippen LogP contribution in [0.1, 0.15) is 5.56 Å². The van der Waals surface area contributed by atoms with E-state index in [9.17, 15) is 4.79 Å². The van der Waals surface area contributed by atoms with Crippen molar-refractivity contribution >= 4 is 59.7 Å². The summed E-state index contributed by atoms with van der Waals surface area (Å²) >= 11 is 12.0. The van der Waals surface area contributed by atoms with E-state index in [2.05, 4.69) is 14.9 Å². The summed E-state index contributed by atoms with van der Waals surface area (Å²) in [6.07, 6.45) is 3.54. The van der Waals surface area contributed by atoms with E-state index < -0.39 is 6.04 Å². The molecule has 3 rings (SSSR count). The first-order valence-corrected chi connectivity index (χ1v) is 8.79. The molecule has 10 heteroatoms. The summed E-state index contributed by atoms with van der Waals surface area (Å²) in [5.41, 5.74) is 7.11. The summed E-state index contributed by atoms with van der Waals surface area (Å²) in [6.45, 7) is 2.51. The van der Waals surface area contributed by atoms with Crippen molar-refractivity contribution in [2.24, 2.45) is 5.73 Å². The Kier molecular flexibility index (Phi) is 9.56. The lowest BCUT2D eigenvalue weighted by molar-refractivity contribution is -0.132. The SMILES string of the molecule is Cl.Cl.N[C@H](Cc1ccc(Cl)cc1)C(=O)N1CCN(c2ncncc2Cl)CC1. The maximum absolute atomic E-state index is 12.6. The molecule has 148 valence electrons. The van der Waals surface area contributed by atoms with Gasteiger partial charge in [0.05, 0.1) is 12.2 Å². The standard InChI is InChI=1S/C17H19Cl2N5O.2ClH/c18-13-3-1-12(2-4-13)9-15(20)17(25)24-7-5-23(6-8-24)16-14(19)10-21-11-22-16;;/h1-4,10-11,15H,5-9,20H2;2*1H/t15-;;/m1../s1. The number of carbonyl (C=O) groups excluding carboxylic acids is 1. The second kappa shape index (κ2) is 10.9. The van der Waals surface area contributed by atoms with E-state index in [4.69, 9.17) is 28.9 Å². The number of piperazine rings is 1. The Morgan fingerprint density at radius 1 is 1.11 bits per heavy atom. The highest BCUT2D eigenvalue weighted by Gasteiger charge is 2.26. The minimum absolute atomic E-state index is 0. The van der Waals surface area contributed by atoms with Crippen molar-refractivity contribution in [2.75, 3.05) is 31.1 Å². The van der Waals surface area contributed by atoms with Gasteiger partial charge in [0.15, 0.2) is 5.82 Å². The highest BCUT2D eigenvalue weighted by Crippen LogP contribution is 2.22. The normalized spacial score (nSPS) is 14.8. The van der Waals surface area contributed by atoms with Gasteiger partial charge in [0.2, 0.25) is 5.91 Å². The fourth-order valence-electron chi connectivity index (χ4n) is 2.87. The third-order valence-electron chi connectivity index (χ3n) is 4.23. The Bertz CT molecular complexity index is 738. The van der Waals surface area contributed by atoms with Crippen LogP contribution < -0.4 is 10.6 Å². The van der Waals surface area contributed by atoms with Gasteiger partial charge in [-0.2, -0.15) is 0 Å². The molecular formula is C17H21Cl4N5O. The molecule has 1 aliphatic heterocycles. The minimum Gasteiger partial charge on any atom is -0.352 e. The highest BCUT2D eigenvalue weighted by molar-refractivity contribution is 6.32. The average Bonchev–Trinajstić information content (AvgIpc) is 2.63. The monoisotopic (exact) mass is 451 g/mol. The first kappa shape index (κ1) is 23.7. The number of benzene rings is 1. The van der Waals surface area contributed by atoms with Crippen LogP contribution in [0.2, 0.25) is 10.0 Å². The quantitative estimate of drug-likeness (QED) is 0.771. The van der Waals surface area contributed by atoms with Crippen LogP contribution in [0.15, 0.2) is 36.8 Å². The first-order valence-electron chi connectivity index (χ1n) is 8.04. The van der Waals surface area contributed by atoms with E-state index in [0.717, 1.165) is 5.56 Å². The Balaban J connectivity index is 0.00000182. The number of nitrogens with zero attached hydrogens (tertiary/aromatic N) is 4. The van der Waals surface area contributed by atoms with Crippen LogP contribution in [0.25, 0.3) is 0 Å². The van der Waals surface area contributed by atoms with E-state index in [-0.39, 0.29) is 30.7 Å². The molecular weight excluding hydrogens is 432 g/mol. The van der Waals surface area contributed by atoms with Crippen LogP contribution in [0.5, 0.6) is 0 Å². The number of halogens is 4. The molecule has 1 saturated heterocycles. The molecule has 1 aliphatic rings. The Labute approximate surface area is 180 Å². The van der Waals surface area contributed by atoms with E-state index in [1.54, 1.807) is 23.2 Å². The molecule has 0 unspecified atom stereocenters. The maximum Gasteiger partial charge on any atom is 0.239 e. The van der Waals surface area contributed by atoms with Crippen molar-refractivity contribution in [3.05, 3.63) is 52.4 Å². The summed E-state index contributed by atoms with van der Waals surface area (Å²) < 4.78 is 0. The summed E-state index contributed by atoms with van der Waals surface area (Å²) in [5, 5.41) is 1.19. The zero-order valence-electron chi connectivity index (χ0n) is 14.4. The number of carbonyl (C=O) groups is 1. The number of anilines is 1. The smallest absolute Gasteiger partial charge is 0.239 e. The number of amides is 1. The largest absolute Gasteiger partial charge is 0.352 e.